The van der Waals surface area contributed by atoms with Crippen molar-refractivity contribution in [3.63, 3.8) is 0 Å². The summed E-state index contributed by atoms with van der Waals surface area (Å²) in [5.41, 5.74) is 10.1. The number of sulfonamides is 1. The first kappa shape index (κ1) is 39.8. The van der Waals surface area contributed by atoms with Crippen molar-refractivity contribution in [2.24, 2.45) is 17.6 Å². The van der Waals surface area contributed by atoms with E-state index < -0.39 is 51.2 Å². The molecule has 2 aromatic carbocycles. The SMILES string of the molecule is COc1ccc2oc3c(O[C@@H]4C[C@@H](C(N)=O)N(C(=O)[C@H](CCCCC/C=C\[C@@H]5C[C@@H]5C(=O)NS(=O)(=O)C5CC5)NC(C)=O)C4)cc(-c4ccc(C)cc4)nc3c2c1. The Hall–Kier alpha value is -5.44. The van der Waals surface area contributed by atoms with E-state index >= 15 is 0 Å². The highest BCUT2D eigenvalue weighted by molar-refractivity contribution is 7.90. The van der Waals surface area contributed by atoms with Gasteiger partial charge in [-0.2, -0.15) is 0 Å². The molecule has 0 unspecified atom stereocenters. The number of hydrogen-bond acceptors (Lipinski definition) is 10. The first-order valence-electron chi connectivity index (χ1n) is 19.5. The number of primary amides is 1. The van der Waals surface area contributed by atoms with Gasteiger partial charge in [-0.25, -0.2) is 13.4 Å². The number of carbonyl (C=O) groups excluding carboxylic acids is 4. The van der Waals surface area contributed by atoms with Crippen molar-refractivity contribution in [1.82, 2.24) is 19.9 Å². The second-order valence-corrected chi connectivity index (χ2v) is 17.4. The van der Waals surface area contributed by atoms with Gasteiger partial charge < -0.3 is 29.8 Å². The number of nitrogens with one attached hydrogen (secondary N) is 2. The summed E-state index contributed by atoms with van der Waals surface area (Å²) in [6.07, 6.45) is 8.71. The van der Waals surface area contributed by atoms with Crippen LogP contribution in [0, 0.1) is 18.8 Å². The van der Waals surface area contributed by atoms with E-state index in [0.717, 1.165) is 35.8 Å². The van der Waals surface area contributed by atoms with Gasteiger partial charge >= 0.3 is 0 Å². The van der Waals surface area contributed by atoms with E-state index in [2.05, 4.69) is 10.0 Å². The Morgan fingerprint density at radius 1 is 1.05 bits per heavy atom. The number of fused-ring (bicyclic) bond motifs is 3. The number of methoxy groups -OCH3 is 1. The van der Waals surface area contributed by atoms with Gasteiger partial charge in [0.25, 0.3) is 0 Å². The number of carbonyl (C=O) groups is 4. The minimum atomic E-state index is -3.54. The highest BCUT2D eigenvalue weighted by Gasteiger charge is 2.45. The molecule has 14 nitrogen and oxygen atoms in total. The number of nitrogens with zero attached hydrogens (tertiary/aromatic N) is 2. The minimum absolute atomic E-state index is 0.0373. The Bertz CT molecular complexity index is 2320. The van der Waals surface area contributed by atoms with Crippen LogP contribution >= 0.6 is 0 Å². The number of furan rings is 1. The van der Waals surface area contributed by atoms with Gasteiger partial charge in [-0.05, 0) is 69.6 Å². The van der Waals surface area contributed by atoms with Crippen molar-refractivity contribution in [2.75, 3.05) is 13.7 Å². The Balaban J connectivity index is 0.989. The van der Waals surface area contributed by atoms with E-state index in [1.54, 1.807) is 19.2 Å². The molecule has 1 aliphatic heterocycles. The minimum Gasteiger partial charge on any atom is -0.497 e. The fourth-order valence-electron chi connectivity index (χ4n) is 7.51. The third-order valence-corrected chi connectivity index (χ3v) is 12.7. The molecule has 2 aliphatic carbocycles. The van der Waals surface area contributed by atoms with Crippen LogP contribution in [-0.2, 0) is 29.2 Å². The van der Waals surface area contributed by atoms with Gasteiger partial charge in [0.1, 0.15) is 35.0 Å². The fourth-order valence-corrected chi connectivity index (χ4v) is 8.87. The van der Waals surface area contributed by atoms with Crippen LogP contribution in [0.1, 0.15) is 70.3 Å². The van der Waals surface area contributed by atoms with Crippen molar-refractivity contribution in [3.8, 4) is 22.8 Å². The summed E-state index contributed by atoms with van der Waals surface area (Å²) in [6, 6.07) is 13.4. The molecule has 2 aromatic heterocycles. The number of ether oxygens (including phenoxy) is 2. The van der Waals surface area contributed by atoms with E-state index in [4.69, 9.17) is 24.6 Å². The number of allylic oxidation sites excluding steroid dienone is 2. The van der Waals surface area contributed by atoms with Crippen LogP contribution in [0.3, 0.4) is 0 Å². The second kappa shape index (κ2) is 16.6. The van der Waals surface area contributed by atoms with Gasteiger partial charge in [0.05, 0.1) is 30.0 Å². The number of rotatable bonds is 17. The Morgan fingerprint density at radius 2 is 1.82 bits per heavy atom. The molecule has 302 valence electrons. The quantitative estimate of drug-likeness (QED) is 0.0959. The van der Waals surface area contributed by atoms with E-state index in [1.165, 1.54) is 11.8 Å². The molecule has 0 spiro atoms. The summed E-state index contributed by atoms with van der Waals surface area (Å²) >= 11 is 0. The van der Waals surface area contributed by atoms with Crippen LogP contribution in [0.15, 0.2) is 65.1 Å². The van der Waals surface area contributed by atoms with Gasteiger partial charge in [0.2, 0.25) is 33.7 Å². The van der Waals surface area contributed by atoms with E-state index in [9.17, 15) is 27.6 Å². The predicted molar refractivity (Wildman–Crippen MR) is 213 cm³/mol. The molecule has 4 aromatic rings. The highest BCUT2D eigenvalue weighted by Crippen LogP contribution is 2.41. The molecule has 57 heavy (non-hydrogen) atoms. The number of hydrogen-bond donors (Lipinski definition) is 3. The van der Waals surface area contributed by atoms with Gasteiger partial charge in [-0.3, -0.25) is 23.9 Å². The molecule has 3 fully saturated rings. The van der Waals surface area contributed by atoms with Crippen molar-refractivity contribution in [3.05, 3.63) is 66.2 Å². The van der Waals surface area contributed by atoms with Gasteiger partial charge in [-0.1, -0.05) is 54.8 Å². The zero-order valence-electron chi connectivity index (χ0n) is 32.4. The number of nitrogens with two attached hydrogens (primary N) is 1. The van der Waals surface area contributed by atoms with Crippen LogP contribution in [0.5, 0.6) is 11.5 Å². The smallest absolute Gasteiger partial charge is 0.245 e. The van der Waals surface area contributed by atoms with Crippen LogP contribution in [0.25, 0.3) is 33.3 Å². The van der Waals surface area contributed by atoms with E-state index in [0.29, 0.717) is 66.0 Å². The molecule has 0 radical (unpaired) electrons. The molecule has 4 N–H and O–H groups in total. The van der Waals surface area contributed by atoms with Crippen molar-refractivity contribution in [1.29, 1.82) is 0 Å². The monoisotopic (exact) mass is 799 g/mol. The van der Waals surface area contributed by atoms with Crippen LogP contribution in [0.4, 0.5) is 0 Å². The molecule has 3 aliphatic rings. The largest absolute Gasteiger partial charge is 0.497 e. The molecule has 0 bridgehead atoms. The zero-order chi connectivity index (χ0) is 40.4. The highest BCUT2D eigenvalue weighted by atomic mass is 32.2. The first-order valence-corrected chi connectivity index (χ1v) is 21.1. The molecule has 4 amide bonds. The number of aryl methyl sites for hydroxylation is 1. The van der Waals surface area contributed by atoms with Crippen molar-refractivity contribution in [2.45, 2.75) is 95.1 Å². The van der Waals surface area contributed by atoms with E-state index in [-0.39, 0.29) is 30.7 Å². The maximum atomic E-state index is 14.0. The summed E-state index contributed by atoms with van der Waals surface area (Å²) in [6.45, 7) is 3.43. The molecule has 15 heteroatoms. The number of benzene rings is 2. The second-order valence-electron chi connectivity index (χ2n) is 15.4. The molecule has 2 saturated carbocycles. The average Bonchev–Trinajstić information content (AvgIpc) is 4.10. The Labute approximate surface area is 331 Å². The molecule has 3 heterocycles. The number of pyridine rings is 1. The normalized spacial score (nSPS) is 21.1. The first-order chi connectivity index (χ1) is 27.3. The summed E-state index contributed by atoms with van der Waals surface area (Å²) in [7, 11) is -1.95. The number of amides is 4. The zero-order valence-corrected chi connectivity index (χ0v) is 33.2. The summed E-state index contributed by atoms with van der Waals surface area (Å²) in [5.74, 6) is -1.08. The van der Waals surface area contributed by atoms with Crippen molar-refractivity contribution < 1.29 is 41.5 Å². The maximum Gasteiger partial charge on any atom is 0.245 e. The van der Waals surface area contributed by atoms with E-state index in [1.807, 2.05) is 55.5 Å². The lowest BCUT2D eigenvalue weighted by Crippen LogP contribution is -2.52. The van der Waals surface area contributed by atoms with Crippen LogP contribution in [0.2, 0.25) is 0 Å². The third-order valence-electron chi connectivity index (χ3n) is 10.9. The average molecular weight is 800 g/mol. The molecule has 1 saturated heterocycles. The topological polar surface area (TPSA) is 200 Å². The summed E-state index contributed by atoms with van der Waals surface area (Å²) < 4.78 is 44.7. The lowest BCUT2D eigenvalue weighted by atomic mass is 10.0. The molecular weight excluding hydrogens is 751 g/mol. The number of likely N-dealkylation sites (tertiary alicyclic amines) is 1. The molecule has 5 atom stereocenters. The Kier molecular flexibility index (Phi) is 11.6. The fraction of sp³-hybridized carbons (Fsp3) is 0.452. The Morgan fingerprint density at radius 3 is 2.53 bits per heavy atom. The lowest BCUT2D eigenvalue weighted by Gasteiger charge is -2.27. The maximum absolute atomic E-state index is 14.0. The van der Waals surface area contributed by atoms with Gasteiger partial charge in [0.15, 0.2) is 11.3 Å². The number of aromatic nitrogens is 1. The van der Waals surface area contributed by atoms with Crippen LogP contribution in [-0.4, -0.2) is 79.0 Å². The van der Waals surface area contributed by atoms with Gasteiger partial charge in [0, 0.05) is 30.9 Å². The third kappa shape index (κ3) is 9.25. The predicted octanol–water partition coefficient (Wildman–Crippen LogP) is 5.05. The lowest BCUT2D eigenvalue weighted by molar-refractivity contribution is -0.140. The number of unbranched alkanes of at least 4 members (excludes halogenated alkanes) is 3. The van der Waals surface area contributed by atoms with Gasteiger partial charge in [-0.15, -0.1) is 0 Å². The standard InChI is InChI=1S/C42H49N5O9S/c1-24-11-13-26(14-12-24)34-22-37(39-38(45-34)32-20-28(54-3)15-18-36(32)56-39)55-29-21-35(40(43)49)47(23-29)42(51)33(44-25(2)48)10-8-6-4-5-7-9-27-19-31(27)41(50)46-57(52,53)30-16-17-30/h7,9,11-15,18,20,22,27,29-31,33,35H,4-6,8,10,16-17,19,21,23H2,1-3H3,(H2,43,49)(H,44,48)(H,46,50)/b9-7-/t27-,29-,31+,33+,35+/m1/s1. The summed E-state index contributed by atoms with van der Waals surface area (Å²) in [5, 5.41) is 3.09. The van der Waals surface area contributed by atoms with Crippen molar-refractivity contribution >= 4 is 55.7 Å². The van der Waals surface area contributed by atoms with Crippen LogP contribution < -0.4 is 25.2 Å². The summed E-state index contributed by atoms with van der Waals surface area (Å²) in [4.78, 5) is 57.7. The molecular formula is C42H49N5O9S. The molecule has 7 rings (SSSR count).